The maximum atomic E-state index is 7.72. The minimum atomic E-state index is -0.866. The minimum absolute atomic E-state index is 0.463. The van der Waals surface area contributed by atoms with Crippen LogP contribution in [0.5, 0.6) is 17.2 Å². The molecule has 0 saturated heterocycles. The van der Waals surface area contributed by atoms with E-state index in [0.29, 0.717) is 11.8 Å². The second-order valence-corrected chi connectivity index (χ2v) is 14.7. The summed E-state index contributed by atoms with van der Waals surface area (Å²) in [4.78, 5) is 0. The summed E-state index contributed by atoms with van der Waals surface area (Å²) in [5, 5.41) is 4.94. The first-order valence-corrected chi connectivity index (χ1v) is 18.3. The van der Waals surface area contributed by atoms with Gasteiger partial charge in [-0.05, 0) is 107 Å². The van der Waals surface area contributed by atoms with Gasteiger partial charge in [-0.3, -0.25) is 0 Å². The van der Waals surface area contributed by atoms with E-state index in [4.69, 9.17) is 14.2 Å². The maximum Gasteiger partial charge on any atom is 0.178 e. The Hall–Kier alpha value is -5.48. The van der Waals surface area contributed by atoms with Crippen molar-refractivity contribution in [2.75, 3.05) is 14.2 Å². The van der Waals surface area contributed by atoms with Gasteiger partial charge < -0.3 is 18.8 Å². The zero-order chi connectivity index (χ0) is 34.3. The molecule has 1 aromatic heterocycles. The molecule has 0 N–H and O–H groups in total. The zero-order valence-electron chi connectivity index (χ0n) is 29.4. The monoisotopic (exact) mass is 667 g/mol. The molecule has 1 fully saturated rings. The SMILES string of the molecule is COc1ccc(C2(c3ccc(OC)cc3)C=Cc3c4c(c5cc6c(cc5c3O2)c2ccccc2n6C)-c2ccccc2CC2CCCCC42)cc1. The Labute approximate surface area is 298 Å². The lowest BCUT2D eigenvalue weighted by Crippen LogP contribution is -2.35. The van der Waals surface area contributed by atoms with E-state index in [2.05, 4.69) is 109 Å². The van der Waals surface area contributed by atoms with Crippen LogP contribution in [0.15, 0.2) is 115 Å². The predicted octanol–water partition coefficient (Wildman–Crippen LogP) is 11.3. The first-order valence-electron chi connectivity index (χ1n) is 18.3. The number of hydrogen-bond donors (Lipinski definition) is 0. The van der Waals surface area contributed by atoms with Crippen LogP contribution in [0, 0.1) is 5.92 Å². The molecule has 4 heteroatoms. The highest BCUT2D eigenvalue weighted by molar-refractivity contribution is 6.17. The zero-order valence-corrected chi connectivity index (χ0v) is 29.4. The first kappa shape index (κ1) is 30.4. The summed E-state index contributed by atoms with van der Waals surface area (Å²) in [6.07, 6.45) is 10.9. The van der Waals surface area contributed by atoms with Crippen LogP contribution in [-0.2, 0) is 19.1 Å². The van der Waals surface area contributed by atoms with Crippen LogP contribution < -0.4 is 14.2 Å². The number of para-hydroxylation sites is 1. The first-order chi connectivity index (χ1) is 25.1. The molecule has 1 saturated carbocycles. The molecule has 0 spiro atoms. The molecule has 2 unspecified atom stereocenters. The number of aromatic nitrogens is 1. The van der Waals surface area contributed by atoms with Gasteiger partial charge in [-0.2, -0.15) is 0 Å². The summed E-state index contributed by atoms with van der Waals surface area (Å²) in [7, 11) is 5.63. The van der Waals surface area contributed by atoms with Crippen LogP contribution in [0.4, 0.5) is 0 Å². The lowest BCUT2D eigenvalue weighted by Gasteiger charge is -2.39. The van der Waals surface area contributed by atoms with Gasteiger partial charge >= 0.3 is 0 Å². The van der Waals surface area contributed by atoms with Gasteiger partial charge in [0.1, 0.15) is 17.2 Å². The number of rotatable bonds is 4. The third-order valence-electron chi connectivity index (χ3n) is 12.2. The highest BCUT2D eigenvalue weighted by Crippen LogP contribution is 2.57. The molecule has 4 nitrogen and oxygen atoms in total. The Kier molecular flexibility index (Phi) is 6.86. The number of aryl methyl sites for hydroxylation is 1. The minimum Gasteiger partial charge on any atom is -0.497 e. The molecule has 0 radical (unpaired) electrons. The third kappa shape index (κ3) is 4.45. The fourth-order valence-electron chi connectivity index (χ4n) is 9.70. The van der Waals surface area contributed by atoms with Crippen LogP contribution in [-0.4, -0.2) is 18.8 Å². The average molecular weight is 668 g/mol. The molecular weight excluding hydrogens is 627 g/mol. The molecule has 0 amide bonds. The van der Waals surface area contributed by atoms with E-state index in [0.717, 1.165) is 40.2 Å². The smallest absolute Gasteiger partial charge is 0.178 e. The van der Waals surface area contributed by atoms with E-state index < -0.39 is 5.60 Å². The van der Waals surface area contributed by atoms with Gasteiger partial charge in [-0.1, -0.05) is 85.6 Å². The number of ether oxygens (including phenoxy) is 3. The summed E-state index contributed by atoms with van der Waals surface area (Å²) < 4.78 is 21.3. The third-order valence-corrected chi connectivity index (χ3v) is 12.2. The number of hydrogen-bond acceptors (Lipinski definition) is 3. The molecule has 0 bridgehead atoms. The van der Waals surface area contributed by atoms with Crippen molar-refractivity contribution >= 4 is 38.7 Å². The summed E-state index contributed by atoms with van der Waals surface area (Å²) in [6, 6.07) is 39.5. The fourth-order valence-corrected chi connectivity index (χ4v) is 9.70. The van der Waals surface area contributed by atoms with Crippen molar-refractivity contribution in [1.29, 1.82) is 0 Å². The van der Waals surface area contributed by atoms with E-state index in [1.54, 1.807) is 14.2 Å². The van der Waals surface area contributed by atoms with Gasteiger partial charge in [-0.15, -0.1) is 0 Å². The van der Waals surface area contributed by atoms with Gasteiger partial charge in [0.05, 0.1) is 14.2 Å². The quantitative estimate of drug-likeness (QED) is 0.187. The molecule has 10 rings (SSSR count). The van der Waals surface area contributed by atoms with Crippen molar-refractivity contribution in [3.8, 4) is 28.4 Å². The van der Waals surface area contributed by atoms with Crippen LogP contribution in [0.2, 0.25) is 0 Å². The van der Waals surface area contributed by atoms with E-state index >= 15 is 0 Å². The molecule has 2 atom stereocenters. The lowest BCUT2D eigenvalue weighted by molar-refractivity contribution is 0.163. The number of methoxy groups -OCH3 is 2. The Morgan fingerprint density at radius 3 is 2.12 bits per heavy atom. The Bertz CT molecular complexity index is 2470. The molecule has 6 aromatic carbocycles. The predicted molar refractivity (Wildman–Crippen MR) is 208 cm³/mol. The number of benzene rings is 6. The maximum absolute atomic E-state index is 7.72. The van der Waals surface area contributed by atoms with Gasteiger partial charge in [0.15, 0.2) is 5.60 Å². The van der Waals surface area contributed by atoms with Crippen LogP contribution >= 0.6 is 0 Å². The van der Waals surface area contributed by atoms with Crippen LogP contribution in [0.1, 0.15) is 59.4 Å². The lowest BCUT2D eigenvalue weighted by atomic mass is 9.71. The molecule has 2 heterocycles. The van der Waals surface area contributed by atoms with Crippen molar-refractivity contribution in [1.82, 2.24) is 4.57 Å². The fraction of sp³-hybridized carbons (Fsp3) is 0.234. The Balaban J connectivity index is 1.34. The van der Waals surface area contributed by atoms with Crippen molar-refractivity contribution in [3.63, 3.8) is 0 Å². The molecule has 1 aliphatic heterocycles. The van der Waals surface area contributed by atoms with Gasteiger partial charge in [0.25, 0.3) is 0 Å². The molecule has 3 aliphatic rings. The number of nitrogens with zero attached hydrogens (tertiary/aromatic N) is 1. The second-order valence-electron chi connectivity index (χ2n) is 14.7. The van der Waals surface area contributed by atoms with Crippen molar-refractivity contribution in [3.05, 3.63) is 143 Å². The molecule has 252 valence electrons. The molecule has 2 aliphatic carbocycles. The molecular formula is C47H41NO3. The normalized spacial score (nSPS) is 18.7. The second kappa shape index (κ2) is 11.5. The van der Waals surface area contributed by atoms with Gasteiger partial charge in [0.2, 0.25) is 0 Å². The van der Waals surface area contributed by atoms with Crippen molar-refractivity contribution in [2.45, 2.75) is 43.6 Å². The average Bonchev–Trinajstić information content (AvgIpc) is 3.37. The van der Waals surface area contributed by atoms with Gasteiger partial charge in [0, 0.05) is 50.9 Å². The molecule has 7 aromatic rings. The topological polar surface area (TPSA) is 32.6 Å². The van der Waals surface area contributed by atoms with E-state index in [9.17, 15) is 0 Å². The van der Waals surface area contributed by atoms with Crippen LogP contribution in [0.3, 0.4) is 0 Å². The van der Waals surface area contributed by atoms with Crippen molar-refractivity contribution in [2.24, 2.45) is 13.0 Å². The summed E-state index contributed by atoms with van der Waals surface area (Å²) >= 11 is 0. The van der Waals surface area contributed by atoms with E-state index in [-0.39, 0.29) is 0 Å². The standard InChI is InChI=1S/C47H41NO3/c1-48-42-15-9-8-14-37(42)39-27-41-40(28-43(39)48)45-36-13-7-5-11-30(36)26-29-10-4-6-12-35(29)44(45)38-24-25-47(51-46(38)41,31-16-20-33(49-2)21-17-31)32-18-22-34(50-3)23-19-32/h5,7-9,11,13-25,27-29,35H,4,6,10,12,26H2,1-3H3. The Morgan fingerprint density at radius 2 is 1.37 bits per heavy atom. The van der Waals surface area contributed by atoms with E-state index in [1.165, 1.54) is 80.7 Å². The highest BCUT2D eigenvalue weighted by Gasteiger charge is 2.42. The molecule has 51 heavy (non-hydrogen) atoms. The van der Waals surface area contributed by atoms with Crippen molar-refractivity contribution < 1.29 is 14.2 Å². The van der Waals surface area contributed by atoms with Gasteiger partial charge in [-0.25, -0.2) is 0 Å². The van der Waals surface area contributed by atoms with Crippen LogP contribution in [0.25, 0.3) is 49.8 Å². The summed E-state index contributed by atoms with van der Waals surface area (Å²) in [6.45, 7) is 0. The summed E-state index contributed by atoms with van der Waals surface area (Å²) in [5.41, 5.74) is 10.7. The Morgan fingerprint density at radius 1 is 0.686 bits per heavy atom. The highest BCUT2D eigenvalue weighted by atomic mass is 16.5. The largest absolute Gasteiger partial charge is 0.497 e. The number of fused-ring (bicyclic) bond motifs is 13. The van der Waals surface area contributed by atoms with E-state index in [1.807, 2.05) is 24.3 Å². The summed E-state index contributed by atoms with van der Waals surface area (Å²) in [5.74, 6) is 3.67.